The monoisotopic (exact) mass is 443 g/mol. The molecule has 0 radical (unpaired) electrons. The van der Waals surface area contributed by atoms with Crippen LogP contribution in [0.3, 0.4) is 0 Å². The Bertz CT molecular complexity index is 543. The number of hydrogen-bond donors (Lipinski definition) is 1. The number of nitrogens with two attached hydrogens (primary N) is 1. The molecule has 1 saturated heterocycles. The molecule has 2 rings (SSSR count). The maximum absolute atomic E-state index is 13.8. The Hall–Kier alpha value is -1.19. The summed E-state index contributed by atoms with van der Waals surface area (Å²) in [5, 5.41) is 0. The number of halogens is 4. The van der Waals surface area contributed by atoms with Crippen LogP contribution in [0.2, 0.25) is 0 Å². The van der Waals surface area contributed by atoms with Gasteiger partial charge in [0.15, 0.2) is 5.96 Å². The first-order valence-electron chi connectivity index (χ1n) is 7.24. The van der Waals surface area contributed by atoms with E-state index in [9.17, 15) is 13.2 Å². The smallest absolute Gasteiger partial charge is 0.387 e. The lowest BCUT2D eigenvalue weighted by molar-refractivity contribution is -0.0506. The summed E-state index contributed by atoms with van der Waals surface area (Å²) in [5.74, 6) is -0.0215. The van der Waals surface area contributed by atoms with Crippen LogP contribution in [0, 0.1) is 11.7 Å². The topological polar surface area (TPSA) is 50.8 Å². The van der Waals surface area contributed by atoms with Gasteiger partial charge in [0.1, 0.15) is 11.6 Å². The highest BCUT2D eigenvalue weighted by Gasteiger charge is 2.18. The van der Waals surface area contributed by atoms with Crippen molar-refractivity contribution in [3.05, 3.63) is 29.6 Å². The second-order valence-corrected chi connectivity index (χ2v) is 5.46. The molecule has 1 aliphatic heterocycles. The van der Waals surface area contributed by atoms with Gasteiger partial charge in [0.2, 0.25) is 0 Å². The number of nitrogens with zero attached hydrogens (tertiary/aromatic N) is 2. The predicted octanol–water partition coefficient (Wildman–Crippen LogP) is 3.59. The molecule has 0 spiro atoms. The van der Waals surface area contributed by atoms with Gasteiger partial charge in [-0.15, -0.1) is 24.0 Å². The summed E-state index contributed by atoms with van der Waals surface area (Å²) < 4.78 is 42.8. The van der Waals surface area contributed by atoms with Gasteiger partial charge in [-0.05, 0) is 30.9 Å². The number of ether oxygens (including phenoxy) is 1. The third-order valence-corrected chi connectivity index (χ3v) is 3.67. The third kappa shape index (κ3) is 5.74. The molecule has 0 amide bonds. The number of aliphatic imine (C=N–C) groups is 1. The van der Waals surface area contributed by atoms with E-state index in [0.29, 0.717) is 11.9 Å². The van der Waals surface area contributed by atoms with Crippen LogP contribution < -0.4 is 10.5 Å². The summed E-state index contributed by atoms with van der Waals surface area (Å²) in [7, 11) is 0. The highest BCUT2D eigenvalue weighted by Crippen LogP contribution is 2.24. The first-order valence-corrected chi connectivity index (χ1v) is 7.24. The fraction of sp³-hybridized carbons (Fsp3) is 0.533. The van der Waals surface area contributed by atoms with Crippen molar-refractivity contribution in [1.29, 1.82) is 0 Å². The molecule has 0 aliphatic carbocycles. The van der Waals surface area contributed by atoms with E-state index in [-0.39, 0.29) is 41.8 Å². The third-order valence-electron chi connectivity index (χ3n) is 3.67. The molecular formula is C15H21F3IN3O. The average molecular weight is 443 g/mol. The van der Waals surface area contributed by atoms with E-state index in [1.54, 1.807) is 0 Å². The Labute approximate surface area is 150 Å². The predicted molar refractivity (Wildman–Crippen MR) is 93.7 cm³/mol. The van der Waals surface area contributed by atoms with Crippen LogP contribution in [0.4, 0.5) is 13.2 Å². The number of rotatable bonds is 4. The zero-order valence-corrected chi connectivity index (χ0v) is 15.2. The van der Waals surface area contributed by atoms with E-state index in [0.717, 1.165) is 25.9 Å². The fourth-order valence-corrected chi connectivity index (χ4v) is 2.56. The quantitative estimate of drug-likeness (QED) is 0.440. The van der Waals surface area contributed by atoms with Gasteiger partial charge < -0.3 is 15.4 Å². The van der Waals surface area contributed by atoms with Crippen molar-refractivity contribution < 1.29 is 17.9 Å². The van der Waals surface area contributed by atoms with E-state index < -0.39 is 12.4 Å². The number of piperidine rings is 1. The molecule has 1 fully saturated rings. The summed E-state index contributed by atoms with van der Waals surface area (Å²) in [6.45, 7) is 0.588. The van der Waals surface area contributed by atoms with Gasteiger partial charge in [-0.2, -0.15) is 8.78 Å². The zero-order chi connectivity index (χ0) is 16.1. The lowest BCUT2D eigenvalue weighted by Crippen LogP contribution is -2.43. The summed E-state index contributed by atoms with van der Waals surface area (Å²) in [4.78, 5) is 6.07. The van der Waals surface area contributed by atoms with Crippen LogP contribution in [0.1, 0.15) is 25.3 Å². The van der Waals surface area contributed by atoms with Gasteiger partial charge in [0, 0.05) is 13.1 Å². The van der Waals surface area contributed by atoms with Crippen molar-refractivity contribution >= 4 is 29.9 Å². The minimum absolute atomic E-state index is 0. The number of likely N-dealkylation sites (tertiary alicyclic amines) is 1. The molecule has 0 aromatic heterocycles. The summed E-state index contributed by atoms with van der Waals surface area (Å²) in [6, 6.07) is 3.79. The van der Waals surface area contributed by atoms with Crippen molar-refractivity contribution in [2.75, 3.05) is 13.1 Å². The van der Waals surface area contributed by atoms with Gasteiger partial charge in [-0.3, -0.25) is 0 Å². The fourth-order valence-electron chi connectivity index (χ4n) is 2.56. The molecule has 1 heterocycles. The largest absolute Gasteiger partial charge is 0.434 e. The molecular weight excluding hydrogens is 422 g/mol. The van der Waals surface area contributed by atoms with Crippen LogP contribution in [0.5, 0.6) is 5.75 Å². The SMILES string of the molecule is CC1CCCN(C(N)=NCc2c(F)cccc2OC(F)F)C1.I. The molecule has 8 heteroatoms. The lowest BCUT2D eigenvalue weighted by atomic mass is 10.0. The normalized spacial score (nSPS) is 18.7. The van der Waals surface area contributed by atoms with E-state index in [1.807, 2.05) is 4.90 Å². The molecule has 1 aliphatic rings. The van der Waals surface area contributed by atoms with Gasteiger partial charge in [0.25, 0.3) is 0 Å². The Morgan fingerprint density at radius 3 is 2.87 bits per heavy atom. The van der Waals surface area contributed by atoms with E-state index in [4.69, 9.17) is 5.73 Å². The lowest BCUT2D eigenvalue weighted by Gasteiger charge is -2.31. The van der Waals surface area contributed by atoms with Crippen LogP contribution in [0.25, 0.3) is 0 Å². The van der Waals surface area contributed by atoms with Crippen LogP contribution in [0.15, 0.2) is 23.2 Å². The van der Waals surface area contributed by atoms with Crippen molar-refractivity contribution in [3.8, 4) is 5.75 Å². The first-order chi connectivity index (χ1) is 10.5. The molecule has 0 saturated carbocycles. The minimum Gasteiger partial charge on any atom is -0.434 e. The first kappa shape index (κ1) is 19.9. The summed E-state index contributed by atoms with van der Waals surface area (Å²) in [6.07, 6.45) is 2.17. The van der Waals surface area contributed by atoms with Gasteiger partial charge in [0.05, 0.1) is 12.1 Å². The number of guanidine groups is 1. The number of hydrogen-bond acceptors (Lipinski definition) is 2. The molecule has 2 N–H and O–H groups in total. The average Bonchev–Trinajstić information content (AvgIpc) is 2.46. The number of alkyl halides is 2. The maximum atomic E-state index is 13.8. The van der Waals surface area contributed by atoms with Crippen molar-refractivity contribution in [2.45, 2.75) is 32.9 Å². The Morgan fingerprint density at radius 1 is 1.48 bits per heavy atom. The zero-order valence-electron chi connectivity index (χ0n) is 12.8. The Balaban J connectivity index is 0.00000264. The molecule has 1 atom stereocenters. The second-order valence-electron chi connectivity index (χ2n) is 5.46. The molecule has 130 valence electrons. The van der Waals surface area contributed by atoms with Gasteiger partial charge in [-0.25, -0.2) is 9.38 Å². The highest BCUT2D eigenvalue weighted by atomic mass is 127. The van der Waals surface area contributed by atoms with Gasteiger partial charge >= 0.3 is 6.61 Å². The molecule has 23 heavy (non-hydrogen) atoms. The Morgan fingerprint density at radius 2 is 2.22 bits per heavy atom. The van der Waals surface area contributed by atoms with Crippen molar-refractivity contribution in [3.63, 3.8) is 0 Å². The maximum Gasteiger partial charge on any atom is 0.387 e. The van der Waals surface area contributed by atoms with Gasteiger partial charge in [-0.1, -0.05) is 13.0 Å². The minimum atomic E-state index is -3.01. The summed E-state index contributed by atoms with van der Waals surface area (Å²) in [5.41, 5.74) is 5.91. The second kappa shape index (κ2) is 9.19. The summed E-state index contributed by atoms with van der Waals surface area (Å²) >= 11 is 0. The molecule has 0 bridgehead atoms. The van der Waals surface area contributed by atoms with E-state index in [1.165, 1.54) is 18.2 Å². The highest BCUT2D eigenvalue weighted by molar-refractivity contribution is 14.0. The van der Waals surface area contributed by atoms with Crippen molar-refractivity contribution in [2.24, 2.45) is 16.6 Å². The molecule has 4 nitrogen and oxygen atoms in total. The standard InChI is InChI=1S/C15H20F3N3O.HI/c1-10-4-3-7-21(9-10)15(19)20-8-11-12(16)5-2-6-13(11)22-14(17)18;/h2,5-6,10,14H,3-4,7-9H2,1H3,(H2,19,20);1H. The van der Waals surface area contributed by atoms with Crippen molar-refractivity contribution in [1.82, 2.24) is 4.90 Å². The van der Waals surface area contributed by atoms with E-state index >= 15 is 0 Å². The number of benzene rings is 1. The van der Waals surface area contributed by atoms with Crippen LogP contribution in [-0.4, -0.2) is 30.6 Å². The van der Waals surface area contributed by atoms with Crippen LogP contribution in [-0.2, 0) is 6.54 Å². The van der Waals surface area contributed by atoms with Crippen LogP contribution >= 0.6 is 24.0 Å². The molecule has 1 unspecified atom stereocenters. The van der Waals surface area contributed by atoms with E-state index in [2.05, 4.69) is 16.7 Å². The molecule has 1 aromatic rings. The Kier molecular flexibility index (Phi) is 7.93. The molecule has 1 aromatic carbocycles.